The van der Waals surface area contributed by atoms with Crippen LogP contribution in [0.15, 0.2) is 42.5 Å². The topological polar surface area (TPSA) is 70.2 Å². The van der Waals surface area contributed by atoms with E-state index in [1.54, 1.807) is 0 Å². The lowest BCUT2D eigenvalue weighted by Gasteiger charge is -2.29. The molecule has 1 heterocycles. The molecule has 2 aromatic rings. The van der Waals surface area contributed by atoms with Crippen molar-refractivity contribution in [1.29, 1.82) is 0 Å². The van der Waals surface area contributed by atoms with Crippen LogP contribution in [0.5, 0.6) is 0 Å². The fourth-order valence-corrected chi connectivity index (χ4v) is 4.93. The van der Waals surface area contributed by atoms with Gasteiger partial charge in [0.1, 0.15) is 0 Å². The molecular formula is C26H34ClN3O2. The molecule has 1 saturated carbocycles. The predicted molar refractivity (Wildman–Crippen MR) is 131 cm³/mol. The van der Waals surface area contributed by atoms with Gasteiger partial charge >= 0.3 is 0 Å². The van der Waals surface area contributed by atoms with Gasteiger partial charge in [-0.15, -0.1) is 12.4 Å². The third kappa shape index (κ3) is 6.11. The molecule has 1 unspecified atom stereocenters. The molecule has 2 amide bonds. The molecule has 0 saturated heterocycles. The molecule has 0 spiro atoms. The van der Waals surface area contributed by atoms with E-state index in [0.29, 0.717) is 12.5 Å². The second kappa shape index (κ2) is 11.0. The van der Waals surface area contributed by atoms with E-state index in [2.05, 4.69) is 34.1 Å². The highest BCUT2D eigenvalue weighted by Gasteiger charge is 2.28. The first-order chi connectivity index (χ1) is 15.0. The van der Waals surface area contributed by atoms with Crippen molar-refractivity contribution in [3.05, 3.63) is 64.7 Å². The van der Waals surface area contributed by atoms with Crippen LogP contribution in [0.3, 0.4) is 0 Å². The number of carbonyl (C=O) groups excluding carboxylic acids is 2. The van der Waals surface area contributed by atoms with Gasteiger partial charge in [-0.1, -0.05) is 30.3 Å². The minimum Gasteiger partial charge on any atom is -0.354 e. The molecule has 1 fully saturated rings. The Balaban J connectivity index is 0.00000289. The van der Waals surface area contributed by atoms with Crippen molar-refractivity contribution in [2.24, 2.45) is 11.8 Å². The molecule has 0 bridgehead atoms. The summed E-state index contributed by atoms with van der Waals surface area (Å²) in [6.45, 7) is 5.53. The number of rotatable bonds is 5. The highest BCUT2D eigenvalue weighted by atomic mass is 35.5. The smallest absolute Gasteiger partial charge is 0.237 e. The van der Waals surface area contributed by atoms with Gasteiger partial charge in [-0.3, -0.25) is 9.59 Å². The van der Waals surface area contributed by atoms with Crippen LogP contribution in [-0.4, -0.2) is 24.4 Å². The number of carbonyl (C=O) groups is 2. The van der Waals surface area contributed by atoms with E-state index in [0.717, 1.165) is 55.5 Å². The summed E-state index contributed by atoms with van der Waals surface area (Å²) >= 11 is 0. The number of nitrogens with one attached hydrogen (secondary N) is 3. The standard InChI is InChI=1S/C26H33N3O2.ClH/c1-17-11-18(2)13-23(12-17)29-25(30)20-9-7-19(8-10-20)15-28-26(31)24-14-21-5-3-4-6-22(21)16-27-24;/h3-6,11-13,19-20,24,27H,7-10,14-16H2,1-2H3,(H,28,31)(H,29,30);1H. The summed E-state index contributed by atoms with van der Waals surface area (Å²) in [6, 6.07) is 14.3. The first-order valence-corrected chi connectivity index (χ1v) is 11.4. The van der Waals surface area contributed by atoms with E-state index < -0.39 is 0 Å². The number of hydrogen-bond donors (Lipinski definition) is 3. The molecule has 3 N–H and O–H groups in total. The van der Waals surface area contributed by atoms with Crippen LogP contribution >= 0.6 is 12.4 Å². The lowest BCUT2D eigenvalue weighted by atomic mass is 9.81. The largest absolute Gasteiger partial charge is 0.354 e. The van der Waals surface area contributed by atoms with Crippen LogP contribution < -0.4 is 16.0 Å². The summed E-state index contributed by atoms with van der Waals surface area (Å²) in [5.41, 5.74) is 5.75. The highest BCUT2D eigenvalue weighted by Crippen LogP contribution is 2.29. The Morgan fingerprint density at radius 2 is 1.59 bits per heavy atom. The van der Waals surface area contributed by atoms with Crippen molar-refractivity contribution >= 4 is 29.9 Å². The quantitative estimate of drug-likeness (QED) is 0.629. The van der Waals surface area contributed by atoms with Crippen LogP contribution in [0.25, 0.3) is 0 Å². The Labute approximate surface area is 197 Å². The summed E-state index contributed by atoms with van der Waals surface area (Å²) in [4.78, 5) is 25.3. The maximum atomic E-state index is 12.7. The Bertz CT molecular complexity index is 934. The van der Waals surface area contributed by atoms with Crippen molar-refractivity contribution < 1.29 is 9.59 Å². The number of fused-ring (bicyclic) bond motifs is 1. The molecule has 172 valence electrons. The van der Waals surface area contributed by atoms with Crippen molar-refractivity contribution in [1.82, 2.24) is 10.6 Å². The third-order valence-electron chi connectivity index (χ3n) is 6.67. The zero-order chi connectivity index (χ0) is 21.8. The van der Waals surface area contributed by atoms with E-state index in [1.165, 1.54) is 11.1 Å². The number of hydrogen-bond acceptors (Lipinski definition) is 3. The summed E-state index contributed by atoms with van der Waals surface area (Å²) in [5, 5.41) is 9.59. The van der Waals surface area contributed by atoms with Crippen LogP contribution in [0, 0.1) is 25.7 Å². The maximum absolute atomic E-state index is 12.7. The van der Waals surface area contributed by atoms with Gasteiger partial charge in [-0.25, -0.2) is 0 Å². The van der Waals surface area contributed by atoms with E-state index >= 15 is 0 Å². The molecule has 6 heteroatoms. The predicted octanol–water partition coefficient (Wildman–Crippen LogP) is 4.30. The van der Waals surface area contributed by atoms with E-state index in [-0.39, 0.29) is 36.2 Å². The van der Waals surface area contributed by atoms with Crippen molar-refractivity contribution in [3.8, 4) is 0 Å². The van der Waals surface area contributed by atoms with Crippen LogP contribution in [0.2, 0.25) is 0 Å². The number of aryl methyl sites for hydroxylation is 2. The molecule has 2 aliphatic rings. The van der Waals surface area contributed by atoms with Gasteiger partial charge < -0.3 is 16.0 Å². The molecule has 0 aromatic heterocycles. The first-order valence-electron chi connectivity index (χ1n) is 11.4. The molecule has 2 aromatic carbocycles. The summed E-state index contributed by atoms with van der Waals surface area (Å²) < 4.78 is 0. The van der Waals surface area contributed by atoms with E-state index in [4.69, 9.17) is 0 Å². The van der Waals surface area contributed by atoms with Crippen LogP contribution in [0.1, 0.15) is 47.9 Å². The zero-order valence-electron chi connectivity index (χ0n) is 18.9. The van der Waals surface area contributed by atoms with Gasteiger partial charge in [0.15, 0.2) is 0 Å². The molecule has 5 nitrogen and oxygen atoms in total. The normalized spacial score (nSPS) is 22.2. The number of anilines is 1. The van der Waals surface area contributed by atoms with Gasteiger partial charge in [-0.05, 0) is 86.3 Å². The van der Waals surface area contributed by atoms with Gasteiger partial charge in [-0.2, -0.15) is 0 Å². The van der Waals surface area contributed by atoms with E-state index in [9.17, 15) is 9.59 Å². The van der Waals surface area contributed by atoms with Gasteiger partial charge in [0.2, 0.25) is 11.8 Å². The summed E-state index contributed by atoms with van der Waals surface area (Å²) in [5.74, 6) is 0.719. The number of amides is 2. The van der Waals surface area contributed by atoms with Crippen molar-refractivity contribution in [2.75, 3.05) is 11.9 Å². The Hall–Kier alpha value is -2.37. The minimum atomic E-state index is -0.158. The first kappa shape index (κ1) is 24.3. The average Bonchev–Trinajstić information content (AvgIpc) is 2.76. The minimum absolute atomic E-state index is 0. The molecule has 4 rings (SSSR count). The van der Waals surface area contributed by atoms with Crippen molar-refractivity contribution in [2.45, 2.75) is 58.5 Å². The van der Waals surface area contributed by atoms with Gasteiger partial charge in [0.25, 0.3) is 0 Å². The maximum Gasteiger partial charge on any atom is 0.237 e. The van der Waals surface area contributed by atoms with E-state index in [1.807, 2.05) is 38.1 Å². The van der Waals surface area contributed by atoms with Crippen molar-refractivity contribution in [3.63, 3.8) is 0 Å². The average molecular weight is 456 g/mol. The van der Waals surface area contributed by atoms with Crippen LogP contribution in [0.4, 0.5) is 5.69 Å². The fraction of sp³-hybridized carbons (Fsp3) is 0.462. The SMILES string of the molecule is Cc1cc(C)cc(NC(=O)C2CCC(CNC(=O)C3Cc4ccccc4CN3)CC2)c1.Cl. The lowest BCUT2D eigenvalue weighted by molar-refractivity contribution is -0.124. The lowest BCUT2D eigenvalue weighted by Crippen LogP contribution is -2.48. The molecule has 32 heavy (non-hydrogen) atoms. The molecule has 0 radical (unpaired) electrons. The molecule has 1 aliphatic heterocycles. The summed E-state index contributed by atoms with van der Waals surface area (Å²) in [6.07, 6.45) is 4.46. The summed E-state index contributed by atoms with van der Waals surface area (Å²) in [7, 11) is 0. The second-order valence-electron chi connectivity index (χ2n) is 9.23. The monoisotopic (exact) mass is 455 g/mol. The Kier molecular flexibility index (Phi) is 8.32. The molecule has 1 aliphatic carbocycles. The number of halogens is 1. The zero-order valence-corrected chi connectivity index (χ0v) is 19.8. The number of benzene rings is 2. The Morgan fingerprint density at radius 1 is 0.938 bits per heavy atom. The molecular weight excluding hydrogens is 422 g/mol. The van der Waals surface area contributed by atoms with Gasteiger partial charge in [0.05, 0.1) is 6.04 Å². The second-order valence-corrected chi connectivity index (χ2v) is 9.23. The van der Waals surface area contributed by atoms with Gasteiger partial charge in [0, 0.05) is 24.7 Å². The third-order valence-corrected chi connectivity index (χ3v) is 6.67. The fourth-order valence-electron chi connectivity index (χ4n) is 4.93. The Morgan fingerprint density at radius 3 is 2.28 bits per heavy atom. The highest BCUT2D eigenvalue weighted by molar-refractivity contribution is 5.92. The van der Waals surface area contributed by atoms with Crippen LogP contribution in [-0.2, 0) is 22.6 Å². The molecule has 1 atom stereocenters.